The van der Waals surface area contributed by atoms with Crippen LogP contribution in [0.2, 0.25) is 0 Å². The molecule has 2 amide bonds. The van der Waals surface area contributed by atoms with Crippen LogP contribution in [0.5, 0.6) is 0 Å². The monoisotopic (exact) mass is 515 g/mol. The minimum atomic E-state index is -3.51. The Hall–Kier alpha value is -2.87. The Morgan fingerprint density at radius 3 is 2.17 bits per heavy atom. The molecule has 2 aromatic rings. The highest BCUT2D eigenvalue weighted by atomic mass is 32.2. The first-order chi connectivity index (χ1) is 17.0. The maximum absolute atomic E-state index is 13.5. The van der Waals surface area contributed by atoms with Gasteiger partial charge >= 0.3 is 0 Å². The molecule has 0 spiro atoms. The quantitative estimate of drug-likeness (QED) is 0.423. The van der Waals surface area contributed by atoms with E-state index in [0.29, 0.717) is 25.1 Å². The third kappa shape index (κ3) is 8.66. The van der Waals surface area contributed by atoms with Crippen molar-refractivity contribution in [3.63, 3.8) is 0 Å². The molecule has 7 nitrogen and oxygen atoms in total. The van der Waals surface area contributed by atoms with Gasteiger partial charge in [0.15, 0.2) is 0 Å². The largest absolute Gasteiger partial charge is 0.352 e. The first kappa shape index (κ1) is 29.4. The third-order valence-corrected chi connectivity index (χ3v) is 7.46. The number of carbonyl (C=O) groups is 2. The highest BCUT2D eigenvalue weighted by molar-refractivity contribution is 7.92. The van der Waals surface area contributed by atoms with Gasteiger partial charge in [0.1, 0.15) is 6.04 Å². The van der Waals surface area contributed by atoms with E-state index in [1.54, 1.807) is 11.0 Å². The van der Waals surface area contributed by atoms with Crippen molar-refractivity contribution in [1.29, 1.82) is 0 Å². The predicted octanol–water partition coefficient (Wildman–Crippen LogP) is 4.57. The molecular formula is C28H41N3O4S. The van der Waals surface area contributed by atoms with Crippen molar-refractivity contribution in [2.45, 2.75) is 78.9 Å². The van der Waals surface area contributed by atoms with Crippen molar-refractivity contribution in [3.8, 4) is 0 Å². The number of nitrogens with zero attached hydrogens (tertiary/aromatic N) is 2. The molecule has 2 rings (SSSR count). The molecule has 0 heterocycles. The van der Waals surface area contributed by atoms with Crippen LogP contribution in [0.15, 0.2) is 48.5 Å². The van der Waals surface area contributed by atoms with Gasteiger partial charge in [-0.2, -0.15) is 0 Å². The number of sulfonamides is 1. The Kier molecular flexibility index (Phi) is 11.0. The summed E-state index contributed by atoms with van der Waals surface area (Å²) in [4.78, 5) is 28.2. The molecule has 0 saturated heterocycles. The molecule has 0 aliphatic heterocycles. The highest BCUT2D eigenvalue weighted by Gasteiger charge is 2.29. The molecule has 1 N–H and O–H groups in total. The van der Waals surface area contributed by atoms with Crippen molar-refractivity contribution in [1.82, 2.24) is 10.2 Å². The molecule has 2 aromatic carbocycles. The lowest BCUT2D eigenvalue weighted by molar-refractivity contribution is -0.141. The lowest BCUT2D eigenvalue weighted by Gasteiger charge is -2.32. The SMILES string of the molecule is CC[C@H](C(=O)N[C@@H](C)CC)N(Cc1cccc(C)c1)C(=O)CCCN(c1cccc(C)c1)S(C)(=O)=O. The summed E-state index contributed by atoms with van der Waals surface area (Å²) in [6, 6.07) is 14.6. The fourth-order valence-electron chi connectivity index (χ4n) is 4.15. The molecule has 0 aliphatic rings. The van der Waals surface area contributed by atoms with Crippen LogP contribution in [-0.4, -0.2) is 50.0 Å². The van der Waals surface area contributed by atoms with Crippen molar-refractivity contribution in [2.75, 3.05) is 17.1 Å². The van der Waals surface area contributed by atoms with E-state index in [2.05, 4.69) is 5.32 Å². The molecule has 8 heteroatoms. The van der Waals surface area contributed by atoms with Crippen molar-refractivity contribution in [2.24, 2.45) is 0 Å². The van der Waals surface area contributed by atoms with Crippen LogP contribution in [0.3, 0.4) is 0 Å². The van der Waals surface area contributed by atoms with Crippen LogP contribution in [0, 0.1) is 13.8 Å². The van der Waals surface area contributed by atoms with Gasteiger partial charge in [-0.25, -0.2) is 8.42 Å². The average molecular weight is 516 g/mol. The average Bonchev–Trinajstić information content (AvgIpc) is 2.80. The summed E-state index contributed by atoms with van der Waals surface area (Å²) in [6.45, 7) is 10.3. The fraction of sp³-hybridized carbons (Fsp3) is 0.500. The van der Waals surface area contributed by atoms with Gasteiger partial charge in [-0.05, 0) is 63.3 Å². The van der Waals surface area contributed by atoms with Crippen LogP contribution in [-0.2, 0) is 26.2 Å². The number of hydrogen-bond donors (Lipinski definition) is 1. The topological polar surface area (TPSA) is 86.8 Å². The van der Waals surface area contributed by atoms with Crippen LogP contribution in [0.4, 0.5) is 5.69 Å². The van der Waals surface area contributed by atoms with E-state index in [1.807, 2.05) is 77.1 Å². The number of benzene rings is 2. The van der Waals surface area contributed by atoms with Crippen LogP contribution in [0.1, 0.15) is 63.1 Å². The third-order valence-electron chi connectivity index (χ3n) is 6.26. The number of rotatable bonds is 13. The first-order valence-corrected chi connectivity index (χ1v) is 14.5. The van der Waals surface area contributed by atoms with Gasteiger partial charge in [-0.1, -0.05) is 55.8 Å². The lowest BCUT2D eigenvalue weighted by Crippen LogP contribution is -2.50. The summed E-state index contributed by atoms with van der Waals surface area (Å²) in [5.74, 6) is -0.328. The minimum Gasteiger partial charge on any atom is -0.352 e. The van der Waals surface area contributed by atoms with Crippen molar-refractivity contribution < 1.29 is 18.0 Å². The summed E-state index contributed by atoms with van der Waals surface area (Å²) in [5.41, 5.74) is 3.58. The first-order valence-electron chi connectivity index (χ1n) is 12.7. The zero-order valence-corrected chi connectivity index (χ0v) is 23.3. The van der Waals surface area contributed by atoms with Gasteiger partial charge in [0.25, 0.3) is 0 Å². The number of hydrogen-bond acceptors (Lipinski definition) is 4. The zero-order chi connectivity index (χ0) is 26.9. The number of carbonyl (C=O) groups excluding carboxylic acids is 2. The van der Waals surface area contributed by atoms with E-state index in [1.165, 1.54) is 10.6 Å². The standard InChI is InChI=1S/C28H41N3O4S/c1-7-23(5)29-28(33)26(8-2)30(20-24-14-9-12-21(3)18-24)27(32)16-11-17-31(36(6,34)35)25-15-10-13-22(4)19-25/h9-10,12-15,18-19,23,26H,7-8,11,16-17,20H2,1-6H3,(H,29,33)/t23-,26+/m0/s1. The normalized spacial score (nSPS) is 13.1. The molecule has 2 atom stereocenters. The molecule has 198 valence electrons. The molecule has 0 unspecified atom stereocenters. The van der Waals surface area contributed by atoms with Crippen molar-refractivity contribution in [3.05, 3.63) is 65.2 Å². The van der Waals surface area contributed by atoms with E-state index >= 15 is 0 Å². The summed E-state index contributed by atoms with van der Waals surface area (Å²) in [7, 11) is -3.51. The molecule has 0 radical (unpaired) electrons. The predicted molar refractivity (Wildman–Crippen MR) is 146 cm³/mol. The van der Waals surface area contributed by atoms with Crippen LogP contribution >= 0.6 is 0 Å². The van der Waals surface area contributed by atoms with Gasteiger partial charge in [-0.15, -0.1) is 0 Å². The molecule has 36 heavy (non-hydrogen) atoms. The van der Waals surface area contributed by atoms with E-state index in [9.17, 15) is 18.0 Å². The van der Waals surface area contributed by atoms with E-state index in [0.717, 1.165) is 23.1 Å². The fourth-order valence-corrected chi connectivity index (χ4v) is 5.11. The molecule has 0 fully saturated rings. The summed E-state index contributed by atoms with van der Waals surface area (Å²) >= 11 is 0. The maximum Gasteiger partial charge on any atom is 0.243 e. The van der Waals surface area contributed by atoms with E-state index in [4.69, 9.17) is 0 Å². The Balaban J connectivity index is 2.23. The van der Waals surface area contributed by atoms with Gasteiger partial charge in [0.05, 0.1) is 11.9 Å². The zero-order valence-electron chi connectivity index (χ0n) is 22.5. The lowest BCUT2D eigenvalue weighted by atomic mass is 10.1. The second kappa shape index (κ2) is 13.4. The second-order valence-corrected chi connectivity index (χ2v) is 11.4. The number of nitrogens with one attached hydrogen (secondary N) is 1. The van der Waals surface area contributed by atoms with Crippen LogP contribution in [0.25, 0.3) is 0 Å². The molecular weight excluding hydrogens is 474 g/mol. The van der Waals surface area contributed by atoms with Crippen molar-refractivity contribution >= 4 is 27.5 Å². The van der Waals surface area contributed by atoms with Crippen LogP contribution < -0.4 is 9.62 Å². The number of amides is 2. The summed E-state index contributed by atoms with van der Waals surface area (Å²) < 4.78 is 26.3. The Morgan fingerprint density at radius 1 is 0.972 bits per heavy atom. The number of aryl methyl sites for hydroxylation is 2. The minimum absolute atomic E-state index is 0.0140. The summed E-state index contributed by atoms with van der Waals surface area (Å²) in [6.07, 6.45) is 2.94. The van der Waals surface area contributed by atoms with Gasteiger partial charge < -0.3 is 10.2 Å². The second-order valence-electron chi connectivity index (χ2n) is 9.53. The maximum atomic E-state index is 13.5. The molecule has 0 bridgehead atoms. The summed E-state index contributed by atoms with van der Waals surface area (Å²) in [5, 5.41) is 3.01. The Bertz CT molecular complexity index is 1130. The number of anilines is 1. The molecule has 0 aliphatic carbocycles. The molecule has 0 saturated carbocycles. The van der Waals surface area contributed by atoms with Gasteiger partial charge in [-0.3, -0.25) is 13.9 Å². The smallest absolute Gasteiger partial charge is 0.243 e. The Morgan fingerprint density at radius 2 is 1.61 bits per heavy atom. The molecule has 0 aromatic heterocycles. The van der Waals surface area contributed by atoms with Gasteiger partial charge in [0, 0.05) is 25.6 Å². The highest BCUT2D eigenvalue weighted by Crippen LogP contribution is 2.21. The van der Waals surface area contributed by atoms with E-state index in [-0.39, 0.29) is 30.8 Å². The Labute approximate surface area is 216 Å². The van der Waals surface area contributed by atoms with E-state index < -0.39 is 16.1 Å². The van der Waals surface area contributed by atoms with Gasteiger partial charge in [0.2, 0.25) is 21.8 Å².